The van der Waals surface area contributed by atoms with Gasteiger partial charge in [0.15, 0.2) is 0 Å². The number of rotatable bonds is 6. The van der Waals surface area contributed by atoms with Crippen LogP contribution in [0.1, 0.15) is 35.7 Å². The molecule has 1 fully saturated rings. The fourth-order valence-corrected chi connectivity index (χ4v) is 2.86. The summed E-state index contributed by atoms with van der Waals surface area (Å²) in [6.07, 6.45) is 1.27. The maximum atomic E-state index is 12.3. The van der Waals surface area contributed by atoms with Crippen LogP contribution in [0.5, 0.6) is 5.75 Å². The minimum Gasteiger partial charge on any atom is -0.427 e. The number of nitrogens with one attached hydrogen (secondary N) is 2. The summed E-state index contributed by atoms with van der Waals surface area (Å²) in [5.74, 6) is -0.522. The Morgan fingerprint density at radius 3 is 2.61 bits per heavy atom. The van der Waals surface area contributed by atoms with Crippen LogP contribution in [0.15, 0.2) is 48.5 Å². The first-order valence-electron chi connectivity index (χ1n) is 9.09. The van der Waals surface area contributed by atoms with Crippen LogP contribution in [-0.2, 0) is 20.9 Å². The zero-order valence-corrected chi connectivity index (χ0v) is 15.6. The Balaban J connectivity index is 1.52. The van der Waals surface area contributed by atoms with E-state index in [2.05, 4.69) is 10.6 Å². The number of carbonyl (C=O) groups excluding carboxylic acids is 3. The molecule has 2 aromatic rings. The molecular weight excluding hydrogens is 360 g/mol. The Kier molecular flexibility index (Phi) is 6.39. The molecule has 0 spiro atoms. The maximum Gasteiger partial charge on any atom is 0.308 e. The second kappa shape index (κ2) is 9.14. The lowest BCUT2D eigenvalue weighted by Crippen LogP contribution is -2.26. The Morgan fingerprint density at radius 1 is 1.14 bits per heavy atom. The first kappa shape index (κ1) is 19.6. The van der Waals surface area contributed by atoms with Crippen LogP contribution in [0.4, 0.5) is 5.69 Å². The van der Waals surface area contributed by atoms with E-state index in [1.165, 1.54) is 13.0 Å². The summed E-state index contributed by atoms with van der Waals surface area (Å²) < 4.78 is 10.3. The van der Waals surface area contributed by atoms with E-state index in [1.54, 1.807) is 30.3 Å². The van der Waals surface area contributed by atoms with Crippen molar-refractivity contribution < 1.29 is 23.9 Å². The average Bonchev–Trinajstić information content (AvgIpc) is 3.22. The third kappa shape index (κ3) is 5.40. The predicted octanol–water partition coefficient (Wildman–Crippen LogP) is 2.66. The molecule has 0 aliphatic carbocycles. The summed E-state index contributed by atoms with van der Waals surface area (Å²) in [5.41, 5.74) is 1.98. The number of benzene rings is 2. The highest BCUT2D eigenvalue weighted by Crippen LogP contribution is 2.16. The van der Waals surface area contributed by atoms with Gasteiger partial charge in [0.2, 0.25) is 0 Å². The molecule has 3 rings (SSSR count). The van der Waals surface area contributed by atoms with Crippen molar-refractivity contribution in [2.24, 2.45) is 0 Å². The molecule has 1 heterocycles. The van der Waals surface area contributed by atoms with Crippen molar-refractivity contribution in [3.05, 3.63) is 59.7 Å². The molecule has 0 aromatic heterocycles. The Morgan fingerprint density at radius 2 is 1.93 bits per heavy atom. The third-order valence-corrected chi connectivity index (χ3v) is 4.25. The standard InChI is InChI=1S/C21H22N2O5/c1-14(24)28-18-5-2-4-16(12-18)20(25)22-13-15-7-9-17(10-8-15)23-21(26)19-6-3-11-27-19/h2,4-5,7-10,12,19H,3,6,11,13H2,1H3,(H,22,25)(H,23,26). The average molecular weight is 382 g/mol. The second-order valence-corrected chi connectivity index (χ2v) is 6.49. The predicted molar refractivity (Wildman–Crippen MR) is 103 cm³/mol. The van der Waals surface area contributed by atoms with Gasteiger partial charge >= 0.3 is 5.97 Å². The monoisotopic (exact) mass is 382 g/mol. The van der Waals surface area contributed by atoms with Crippen molar-refractivity contribution in [1.29, 1.82) is 0 Å². The fraction of sp³-hybridized carbons (Fsp3) is 0.286. The molecular formula is C21H22N2O5. The minimum atomic E-state index is -0.441. The summed E-state index contributed by atoms with van der Waals surface area (Å²) >= 11 is 0. The molecule has 0 saturated carbocycles. The van der Waals surface area contributed by atoms with Gasteiger partial charge < -0.3 is 20.1 Å². The second-order valence-electron chi connectivity index (χ2n) is 6.49. The first-order valence-corrected chi connectivity index (χ1v) is 9.09. The molecule has 1 aliphatic rings. The van der Waals surface area contributed by atoms with Gasteiger partial charge in [0.05, 0.1) is 0 Å². The Labute approximate surface area is 163 Å². The summed E-state index contributed by atoms with van der Waals surface area (Å²) in [4.78, 5) is 35.4. The highest BCUT2D eigenvalue weighted by atomic mass is 16.5. The van der Waals surface area contributed by atoms with Crippen LogP contribution < -0.4 is 15.4 Å². The van der Waals surface area contributed by atoms with E-state index in [9.17, 15) is 14.4 Å². The van der Waals surface area contributed by atoms with Crippen LogP contribution in [-0.4, -0.2) is 30.5 Å². The number of hydrogen-bond acceptors (Lipinski definition) is 5. The molecule has 1 atom stereocenters. The van der Waals surface area contributed by atoms with E-state index in [-0.39, 0.29) is 17.9 Å². The molecule has 146 valence electrons. The van der Waals surface area contributed by atoms with Crippen molar-refractivity contribution in [3.8, 4) is 5.75 Å². The lowest BCUT2D eigenvalue weighted by atomic mass is 10.1. The molecule has 2 aromatic carbocycles. The van der Waals surface area contributed by atoms with E-state index in [0.717, 1.165) is 18.4 Å². The van der Waals surface area contributed by atoms with Gasteiger partial charge in [-0.15, -0.1) is 0 Å². The SMILES string of the molecule is CC(=O)Oc1cccc(C(=O)NCc2ccc(NC(=O)C3CCCO3)cc2)c1. The number of amides is 2. The zero-order chi connectivity index (χ0) is 19.9. The number of hydrogen-bond donors (Lipinski definition) is 2. The lowest BCUT2D eigenvalue weighted by Gasteiger charge is -2.11. The Bertz CT molecular complexity index is 857. The van der Waals surface area contributed by atoms with Crippen LogP contribution in [0, 0.1) is 0 Å². The van der Waals surface area contributed by atoms with Gasteiger partial charge in [0, 0.05) is 31.3 Å². The maximum absolute atomic E-state index is 12.3. The fourth-order valence-electron chi connectivity index (χ4n) is 2.86. The van der Waals surface area contributed by atoms with Gasteiger partial charge in [-0.1, -0.05) is 18.2 Å². The van der Waals surface area contributed by atoms with Crippen molar-refractivity contribution in [2.45, 2.75) is 32.4 Å². The van der Waals surface area contributed by atoms with Gasteiger partial charge in [-0.2, -0.15) is 0 Å². The molecule has 1 saturated heterocycles. The molecule has 7 nitrogen and oxygen atoms in total. The van der Waals surface area contributed by atoms with Gasteiger partial charge in [0.1, 0.15) is 11.9 Å². The van der Waals surface area contributed by atoms with Gasteiger partial charge in [-0.05, 0) is 48.7 Å². The van der Waals surface area contributed by atoms with Gasteiger partial charge in [0.25, 0.3) is 11.8 Å². The van der Waals surface area contributed by atoms with Crippen LogP contribution in [0.2, 0.25) is 0 Å². The number of esters is 1. The minimum absolute atomic E-state index is 0.133. The molecule has 2 N–H and O–H groups in total. The van der Waals surface area contributed by atoms with Crippen LogP contribution in [0.3, 0.4) is 0 Å². The van der Waals surface area contributed by atoms with Crippen molar-refractivity contribution in [3.63, 3.8) is 0 Å². The molecule has 0 radical (unpaired) electrons. The molecule has 7 heteroatoms. The van der Waals surface area contributed by atoms with Crippen molar-refractivity contribution in [2.75, 3.05) is 11.9 Å². The highest BCUT2D eigenvalue weighted by Gasteiger charge is 2.23. The smallest absolute Gasteiger partial charge is 0.308 e. The van der Waals surface area contributed by atoms with Crippen LogP contribution >= 0.6 is 0 Å². The summed E-state index contributed by atoms with van der Waals surface area (Å²) in [7, 11) is 0. The van der Waals surface area contributed by atoms with E-state index in [4.69, 9.17) is 9.47 Å². The number of ether oxygens (including phenoxy) is 2. The number of anilines is 1. The van der Waals surface area contributed by atoms with E-state index in [0.29, 0.717) is 30.2 Å². The first-order chi connectivity index (χ1) is 13.5. The molecule has 1 aliphatic heterocycles. The molecule has 0 bridgehead atoms. The highest BCUT2D eigenvalue weighted by molar-refractivity contribution is 5.95. The summed E-state index contributed by atoms with van der Waals surface area (Å²) in [6.45, 7) is 2.26. The zero-order valence-electron chi connectivity index (χ0n) is 15.6. The largest absolute Gasteiger partial charge is 0.427 e. The van der Waals surface area contributed by atoms with Crippen molar-refractivity contribution in [1.82, 2.24) is 5.32 Å². The van der Waals surface area contributed by atoms with E-state index in [1.807, 2.05) is 12.1 Å². The third-order valence-electron chi connectivity index (χ3n) is 4.25. The quantitative estimate of drug-likeness (QED) is 0.592. The molecule has 2 amide bonds. The normalized spacial score (nSPS) is 15.7. The summed E-state index contributed by atoms with van der Waals surface area (Å²) in [6, 6.07) is 13.7. The Hall–Kier alpha value is -3.19. The lowest BCUT2D eigenvalue weighted by molar-refractivity contribution is -0.131. The summed E-state index contributed by atoms with van der Waals surface area (Å²) in [5, 5.41) is 5.64. The topological polar surface area (TPSA) is 93.7 Å². The van der Waals surface area contributed by atoms with Gasteiger partial charge in [-0.25, -0.2) is 0 Å². The molecule has 1 unspecified atom stereocenters. The van der Waals surface area contributed by atoms with E-state index < -0.39 is 5.97 Å². The van der Waals surface area contributed by atoms with Crippen LogP contribution in [0.25, 0.3) is 0 Å². The molecule has 28 heavy (non-hydrogen) atoms. The number of carbonyl (C=O) groups is 3. The van der Waals surface area contributed by atoms with E-state index >= 15 is 0 Å². The van der Waals surface area contributed by atoms with Crippen molar-refractivity contribution >= 4 is 23.5 Å². The van der Waals surface area contributed by atoms with Gasteiger partial charge in [-0.3, -0.25) is 14.4 Å².